The SMILES string of the molecule is CCCCOc1ncccc1CN=C(NCC)NCC1(CCOC)CCC1.I. The van der Waals surface area contributed by atoms with Crippen molar-refractivity contribution in [2.75, 3.05) is 33.4 Å². The summed E-state index contributed by atoms with van der Waals surface area (Å²) in [5.41, 5.74) is 1.37. The summed E-state index contributed by atoms with van der Waals surface area (Å²) in [5, 5.41) is 6.88. The van der Waals surface area contributed by atoms with E-state index in [2.05, 4.69) is 29.5 Å². The molecule has 1 aromatic rings. The van der Waals surface area contributed by atoms with Crippen LogP contribution >= 0.6 is 24.0 Å². The second-order valence-corrected chi connectivity index (χ2v) is 7.31. The molecule has 1 aliphatic carbocycles. The van der Waals surface area contributed by atoms with Gasteiger partial charge in [-0.1, -0.05) is 25.8 Å². The predicted octanol–water partition coefficient (Wildman–Crippen LogP) is 4.14. The molecule has 2 N–H and O–H groups in total. The fourth-order valence-corrected chi connectivity index (χ4v) is 3.28. The van der Waals surface area contributed by atoms with Gasteiger partial charge in [-0.3, -0.25) is 0 Å². The first-order valence-electron chi connectivity index (χ1n) is 10.3. The van der Waals surface area contributed by atoms with Gasteiger partial charge in [0.05, 0.1) is 13.2 Å². The fourth-order valence-electron chi connectivity index (χ4n) is 3.28. The van der Waals surface area contributed by atoms with Crippen molar-refractivity contribution in [3.05, 3.63) is 23.9 Å². The standard InChI is InChI=1S/C21H36N4O2.HI/c1-4-6-14-27-19-18(9-7-13-23-19)16-24-20(22-5-2)25-17-21(10-8-11-21)12-15-26-3;/h7,9,13H,4-6,8,10-12,14-17H2,1-3H3,(H2,22,24,25);1H. The van der Waals surface area contributed by atoms with Crippen molar-refractivity contribution in [3.63, 3.8) is 0 Å². The molecule has 0 aromatic carbocycles. The number of guanidine groups is 1. The van der Waals surface area contributed by atoms with Crippen LogP contribution in [0.5, 0.6) is 5.88 Å². The summed E-state index contributed by atoms with van der Waals surface area (Å²) in [6.07, 6.45) is 8.86. The molecule has 0 atom stereocenters. The number of aliphatic imine (C=N–C) groups is 1. The molecule has 160 valence electrons. The molecular formula is C21H37IN4O2. The van der Waals surface area contributed by atoms with E-state index in [1.54, 1.807) is 13.3 Å². The molecule has 7 heteroatoms. The van der Waals surface area contributed by atoms with Crippen molar-refractivity contribution in [1.29, 1.82) is 0 Å². The third-order valence-corrected chi connectivity index (χ3v) is 5.22. The molecule has 0 spiro atoms. The summed E-state index contributed by atoms with van der Waals surface area (Å²) in [6.45, 7) is 8.09. The number of aromatic nitrogens is 1. The first-order valence-corrected chi connectivity index (χ1v) is 10.3. The zero-order valence-electron chi connectivity index (χ0n) is 17.6. The van der Waals surface area contributed by atoms with E-state index < -0.39 is 0 Å². The Balaban J connectivity index is 0.00000392. The van der Waals surface area contributed by atoms with Gasteiger partial charge in [-0.15, -0.1) is 24.0 Å². The third kappa shape index (κ3) is 8.11. The lowest BCUT2D eigenvalue weighted by Crippen LogP contribution is -2.47. The maximum absolute atomic E-state index is 5.82. The number of nitrogens with one attached hydrogen (secondary N) is 2. The van der Waals surface area contributed by atoms with Gasteiger partial charge in [0.2, 0.25) is 5.88 Å². The van der Waals surface area contributed by atoms with Crippen LogP contribution in [0.3, 0.4) is 0 Å². The predicted molar refractivity (Wildman–Crippen MR) is 126 cm³/mol. The zero-order valence-corrected chi connectivity index (χ0v) is 20.0. The van der Waals surface area contributed by atoms with Gasteiger partial charge in [-0.25, -0.2) is 9.98 Å². The summed E-state index contributed by atoms with van der Waals surface area (Å²) in [5.74, 6) is 1.55. The van der Waals surface area contributed by atoms with E-state index in [4.69, 9.17) is 14.5 Å². The summed E-state index contributed by atoms with van der Waals surface area (Å²) in [7, 11) is 1.78. The van der Waals surface area contributed by atoms with Crippen molar-refractivity contribution in [2.45, 2.75) is 58.9 Å². The first kappa shape index (κ1) is 24.9. The van der Waals surface area contributed by atoms with Crippen LogP contribution in [0.1, 0.15) is 57.9 Å². The Hall–Kier alpha value is -1.09. The number of ether oxygens (including phenoxy) is 2. The lowest BCUT2D eigenvalue weighted by molar-refractivity contribution is 0.0732. The number of nitrogens with zero attached hydrogens (tertiary/aromatic N) is 2. The lowest BCUT2D eigenvalue weighted by Gasteiger charge is -2.42. The van der Waals surface area contributed by atoms with Crippen molar-refractivity contribution in [3.8, 4) is 5.88 Å². The third-order valence-electron chi connectivity index (χ3n) is 5.22. The average molecular weight is 504 g/mol. The average Bonchev–Trinajstić information content (AvgIpc) is 2.66. The van der Waals surface area contributed by atoms with Crippen molar-refractivity contribution in [1.82, 2.24) is 15.6 Å². The Morgan fingerprint density at radius 3 is 2.71 bits per heavy atom. The fraction of sp³-hybridized carbons (Fsp3) is 0.714. The van der Waals surface area contributed by atoms with Crippen LogP contribution in [0.4, 0.5) is 0 Å². The van der Waals surface area contributed by atoms with E-state index >= 15 is 0 Å². The second kappa shape index (κ2) is 14.0. The smallest absolute Gasteiger partial charge is 0.218 e. The Bertz CT molecular complexity index is 579. The number of unbranched alkanes of at least 4 members (excludes halogenated alkanes) is 1. The highest BCUT2D eigenvalue weighted by Crippen LogP contribution is 2.43. The van der Waals surface area contributed by atoms with Crippen LogP contribution in [-0.4, -0.2) is 44.4 Å². The number of pyridine rings is 1. The molecule has 0 unspecified atom stereocenters. The molecule has 0 bridgehead atoms. The van der Waals surface area contributed by atoms with Gasteiger partial charge >= 0.3 is 0 Å². The quantitative estimate of drug-likeness (QED) is 0.194. The van der Waals surface area contributed by atoms with Gasteiger partial charge in [-0.05, 0) is 44.1 Å². The van der Waals surface area contributed by atoms with E-state index in [9.17, 15) is 0 Å². The lowest BCUT2D eigenvalue weighted by atomic mass is 9.67. The summed E-state index contributed by atoms with van der Waals surface area (Å²) in [4.78, 5) is 9.13. The zero-order chi connectivity index (χ0) is 19.4. The maximum Gasteiger partial charge on any atom is 0.218 e. The van der Waals surface area contributed by atoms with E-state index in [1.165, 1.54) is 19.3 Å². The number of halogens is 1. The van der Waals surface area contributed by atoms with Crippen molar-refractivity contribution >= 4 is 29.9 Å². The van der Waals surface area contributed by atoms with Crippen LogP contribution in [0.25, 0.3) is 0 Å². The van der Waals surface area contributed by atoms with Crippen LogP contribution < -0.4 is 15.4 Å². The molecule has 6 nitrogen and oxygen atoms in total. The largest absolute Gasteiger partial charge is 0.477 e. The molecule has 0 aliphatic heterocycles. The highest BCUT2D eigenvalue weighted by atomic mass is 127. The Morgan fingerprint density at radius 2 is 2.07 bits per heavy atom. The number of hydrogen-bond acceptors (Lipinski definition) is 4. The van der Waals surface area contributed by atoms with Gasteiger partial charge in [0, 0.05) is 38.6 Å². The minimum atomic E-state index is 0. The van der Waals surface area contributed by atoms with E-state index in [-0.39, 0.29) is 24.0 Å². The molecule has 28 heavy (non-hydrogen) atoms. The van der Waals surface area contributed by atoms with Gasteiger partial charge < -0.3 is 20.1 Å². The molecule has 1 aliphatic rings. The van der Waals surface area contributed by atoms with Gasteiger partial charge in [0.1, 0.15) is 0 Å². The topological polar surface area (TPSA) is 67.8 Å². The minimum absolute atomic E-state index is 0. The molecule has 1 heterocycles. The number of methoxy groups -OCH3 is 1. The monoisotopic (exact) mass is 504 g/mol. The van der Waals surface area contributed by atoms with E-state index in [1.807, 2.05) is 12.1 Å². The maximum atomic E-state index is 5.82. The molecule has 2 rings (SSSR count). The first-order chi connectivity index (χ1) is 13.2. The summed E-state index contributed by atoms with van der Waals surface area (Å²) in [6, 6.07) is 3.97. The van der Waals surface area contributed by atoms with Crippen LogP contribution in [0.15, 0.2) is 23.3 Å². The number of hydrogen-bond donors (Lipinski definition) is 2. The van der Waals surface area contributed by atoms with Gasteiger partial charge in [0.25, 0.3) is 0 Å². The molecule has 1 aromatic heterocycles. The summed E-state index contributed by atoms with van der Waals surface area (Å²) >= 11 is 0. The van der Waals surface area contributed by atoms with E-state index in [0.29, 0.717) is 24.4 Å². The molecule has 1 saturated carbocycles. The molecule has 0 radical (unpaired) electrons. The molecule has 1 fully saturated rings. The highest BCUT2D eigenvalue weighted by Gasteiger charge is 2.36. The highest BCUT2D eigenvalue weighted by molar-refractivity contribution is 14.0. The van der Waals surface area contributed by atoms with Gasteiger partial charge in [0.15, 0.2) is 5.96 Å². The van der Waals surface area contributed by atoms with Crippen LogP contribution in [0, 0.1) is 5.41 Å². The Kier molecular flexibility index (Phi) is 12.5. The Morgan fingerprint density at radius 1 is 1.25 bits per heavy atom. The van der Waals surface area contributed by atoms with Crippen molar-refractivity contribution < 1.29 is 9.47 Å². The molecule has 0 saturated heterocycles. The van der Waals surface area contributed by atoms with E-state index in [0.717, 1.165) is 50.5 Å². The number of rotatable bonds is 12. The van der Waals surface area contributed by atoms with Gasteiger partial charge in [-0.2, -0.15) is 0 Å². The van der Waals surface area contributed by atoms with Crippen LogP contribution in [0.2, 0.25) is 0 Å². The normalized spacial score (nSPS) is 15.3. The molecular weight excluding hydrogens is 467 g/mol. The second-order valence-electron chi connectivity index (χ2n) is 7.31. The Labute approximate surface area is 187 Å². The summed E-state index contributed by atoms with van der Waals surface area (Å²) < 4.78 is 11.1. The molecule has 0 amide bonds. The minimum Gasteiger partial charge on any atom is -0.477 e. The van der Waals surface area contributed by atoms with Crippen LogP contribution in [-0.2, 0) is 11.3 Å². The van der Waals surface area contributed by atoms with Crippen molar-refractivity contribution in [2.24, 2.45) is 10.4 Å².